The molecule has 1 saturated heterocycles. The van der Waals surface area contributed by atoms with Crippen molar-refractivity contribution in [3.05, 3.63) is 36.0 Å². The van der Waals surface area contributed by atoms with Crippen LogP contribution in [0.1, 0.15) is 5.69 Å². The minimum Gasteiger partial charge on any atom is -0.486 e. The Morgan fingerprint density at radius 3 is 2.63 bits per heavy atom. The number of aromatic nitrogens is 4. The predicted molar refractivity (Wildman–Crippen MR) is 115 cm³/mol. The Morgan fingerprint density at radius 1 is 1.00 bits per heavy atom. The maximum atomic E-state index is 5.91. The second-order valence-corrected chi connectivity index (χ2v) is 7.62. The molecular formula is C21H25N7O2. The lowest BCUT2D eigenvalue weighted by Crippen LogP contribution is -2.44. The van der Waals surface area contributed by atoms with Gasteiger partial charge >= 0.3 is 0 Å². The number of nitrogens with zero attached hydrogens (tertiary/aromatic N) is 5. The summed E-state index contributed by atoms with van der Waals surface area (Å²) >= 11 is 0. The summed E-state index contributed by atoms with van der Waals surface area (Å²) in [6.45, 7) is 6.86. The Balaban J connectivity index is 1.56. The fourth-order valence-electron chi connectivity index (χ4n) is 3.68. The molecule has 2 aromatic heterocycles. The van der Waals surface area contributed by atoms with Crippen molar-refractivity contribution in [2.45, 2.75) is 6.92 Å². The summed E-state index contributed by atoms with van der Waals surface area (Å²) in [6, 6.07) is 9.75. The van der Waals surface area contributed by atoms with Gasteiger partial charge in [-0.3, -0.25) is 5.10 Å². The second-order valence-electron chi connectivity index (χ2n) is 7.62. The van der Waals surface area contributed by atoms with Gasteiger partial charge in [0.05, 0.1) is 5.56 Å². The van der Waals surface area contributed by atoms with Crippen LogP contribution < -0.4 is 19.7 Å². The van der Waals surface area contributed by atoms with Crippen LogP contribution in [0.4, 0.5) is 17.5 Å². The van der Waals surface area contributed by atoms with Gasteiger partial charge in [-0.05, 0) is 26.1 Å². The van der Waals surface area contributed by atoms with Crippen molar-refractivity contribution >= 4 is 17.5 Å². The number of H-pyrrole nitrogens is 1. The van der Waals surface area contributed by atoms with Crippen molar-refractivity contribution in [2.75, 3.05) is 56.7 Å². The molecule has 156 valence electrons. The van der Waals surface area contributed by atoms with Gasteiger partial charge in [0.15, 0.2) is 23.1 Å². The van der Waals surface area contributed by atoms with Crippen LogP contribution >= 0.6 is 0 Å². The number of benzene rings is 1. The van der Waals surface area contributed by atoms with Gasteiger partial charge in [-0.25, -0.2) is 9.97 Å². The van der Waals surface area contributed by atoms with Crippen molar-refractivity contribution in [3.8, 4) is 22.9 Å². The van der Waals surface area contributed by atoms with Gasteiger partial charge in [-0.2, -0.15) is 5.10 Å². The lowest BCUT2D eigenvalue weighted by atomic mass is 10.1. The first-order chi connectivity index (χ1) is 14.7. The van der Waals surface area contributed by atoms with Crippen LogP contribution in [-0.2, 0) is 0 Å². The van der Waals surface area contributed by atoms with Crippen LogP contribution in [0.5, 0.6) is 11.5 Å². The van der Waals surface area contributed by atoms with Crippen molar-refractivity contribution in [1.82, 2.24) is 25.1 Å². The number of aromatic amines is 1. The van der Waals surface area contributed by atoms with E-state index in [1.54, 1.807) is 0 Å². The number of aryl methyl sites for hydroxylation is 1. The van der Waals surface area contributed by atoms with Gasteiger partial charge in [0, 0.05) is 44.0 Å². The fraction of sp³-hybridized carbons (Fsp3) is 0.381. The molecule has 0 saturated carbocycles. The molecular weight excluding hydrogens is 382 g/mol. The summed E-state index contributed by atoms with van der Waals surface area (Å²) in [5, 5.41) is 10.5. The summed E-state index contributed by atoms with van der Waals surface area (Å²) < 4.78 is 11.7. The lowest BCUT2D eigenvalue weighted by Gasteiger charge is -2.33. The monoisotopic (exact) mass is 407 g/mol. The van der Waals surface area contributed by atoms with E-state index < -0.39 is 0 Å². The first kappa shape index (κ1) is 18.7. The van der Waals surface area contributed by atoms with Crippen molar-refractivity contribution in [2.24, 2.45) is 0 Å². The molecule has 2 aliphatic rings. The minimum atomic E-state index is 0.514. The third kappa shape index (κ3) is 3.76. The number of likely N-dealkylation sites (N-methyl/N-ethyl adjacent to an activating group) is 1. The minimum absolute atomic E-state index is 0.514. The number of piperazine rings is 1. The summed E-state index contributed by atoms with van der Waals surface area (Å²) in [4.78, 5) is 14.3. The zero-order valence-corrected chi connectivity index (χ0v) is 17.2. The molecule has 3 aromatic rings. The molecule has 5 rings (SSSR count). The standard InChI is InChI=1S/C21H25N7O2/c1-14-12-18(26-25-14)22-17-13-19(28-8-6-27(2)7-9-28)24-21(23-17)15-4-3-5-16-20(15)30-11-10-29-16/h3-5,12-13H,6-11H2,1-2H3,(H2,22,23,24,25,26). The van der Waals surface area contributed by atoms with E-state index in [4.69, 9.17) is 19.4 Å². The van der Waals surface area contributed by atoms with Crippen LogP contribution in [0.3, 0.4) is 0 Å². The third-order valence-corrected chi connectivity index (χ3v) is 5.31. The van der Waals surface area contributed by atoms with Crippen LogP contribution in [0.2, 0.25) is 0 Å². The summed E-state index contributed by atoms with van der Waals surface area (Å²) in [7, 11) is 2.14. The van der Waals surface area contributed by atoms with Crippen molar-refractivity contribution < 1.29 is 9.47 Å². The number of fused-ring (bicyclic) bond motifs is 1. The molecule has 0 aliphatic carbocycles. The van der Waals surface area contributed by atoms with E-state index in [9.17, 15) is 0 Å². The Bertz CT molecular complexity index is 1040. The summed E-state index contributed by atoms with van der Waals surface area (Å²) in [5.41, 5.74) is 1.80. The topological polar surface area (TPSA) is 91.4 Å². The Morgan fingerprint density at radius 2 is 1.83 bits per heavy atom. The number of hydrogen-bond donors (Lipinski definition) is 2. The van der Waals surface area contributed by atoms with E-state index >= 15 is 0 Å². The predicted octanol–water partition coefficient (Wildman–Crippen LogP) is 2.44. The molecule has 2 aliphatic heterocycles. The van der Waals surface area contributed by atoms with Crippen LogP contribution in [0.25, 0.3) is 11.4 Å². The largest absolute Gasteiger partial charge is 0.486 e. The van der Waals surface area contributed by atoms with Crippen molar-refractivity contribution in [3.63, 3.8) is 0 Å². The Labute approximate surface area is 175 Å². The first-order valence-electron chi connectivity index (χ1n) is 10.2. The van der Waals surface area contributed by atoms with E-state index in [0.717, 1.165) is 54.8 Å². The third-order valence-electron chi connectivity index (χ3n) is 5.31. The smallest absolute Gasteiger partial charge is 0.172 e. The lowest BCUT2D eigenvalue weighted by molar-refractivity contribution is 0.172. The highest BCUT2D eigenvalue weighted by molar-refractivity contribution is 5.72. The normalized spacial score (nSPS) is 16.5. The highest BCUT2D eigenvalue weighted by Crippen LogP contribution is 2.39. The molecule has 0 spiro atoms. The quantitative estimate of drug-likeness (QED) is 0.682. The van der Waals surface area contributed by atoms with Gasteiger partial charge in [-0.1, -0.05) is 6.07 Å². The molecule has 0 amide bonds. The van der Waals surface area contributed by atoms with E-state index in [2.05, 4.69) is 32.4 Å². The van der Waals surface area contributed by atoms with Crippen LogP contribution in [0.15, 0.2) is 30.3 Å². The van der Waals surface area contributed by atoms with Gasteiger partial charge < -0.3 is 24.6 Å². The zero-order valence-electron chi connectivity index (χ0n) is 17.2. The van der Waals surface area contributed by atoms with Gasteiger partial charge in [0.25, 0.3) is 0 Å². The molecule has 0 radical (unpaired) electrons. The molecule has 0 atom stereocenters. The molecule has 0 unspecified atom stereocenters. The van der Waals surface area contributed by atoms with Gasteiger partial charge in [0.1, 0.15) is 24.8 Å². The van der Waals surface area contributed by atoms with Crippen LogP contribution in [-0.4, -0.2) is 71.5 Å². The summed E-state index contributed by atoms with van der Waals surface area (Å²) in [5.74, 6) is 4.32. The van der Waals surface area contributed by atoms with E-state index in [-0.39, 0.29) is 0 Å². The molecule has 1 fully saturated rings. The summed E-state index contributed by atoms with van der Waals surface area (Å²) in [6.07, 6.45) is 0. The van der Waals surface area contributed by atoms with E-state index in [1.165, 1.54) is 0 Å². The van der Waals surface area contributed by atoms with Gasteiger partial charge in [-0.15, -0.1) is 0 Å². The average molecular weight is 407 g/mol. The Hall–Kier alpha value is -3.33. The number of anilines is 3. The van der Waals surface area contributed by atoms with Gasteiger partial charge in [0.2, 0.25) is 0 Å². The SMILES string of the molecule is Cc1cc(Nc2cc(N3CCN(C)CC3)nc(-c3cccc4c3OCCO4)n2)n[nH]1. The molecule has 30 heavy (non-hydrogen) atoms. The molecule has 4 heterocycles. The number of para-hydroxylation sites is 1. The zero-order chi connectivity index (χ0) is 20.5. The number of nitrogens with one attached hydrogen (secondary N) is 2. The number of ether oxygens (including phenoxy) is 2. The highest BCUT2D eigenvalue weighted by atomic mass is 16.6. The molecule has 2 N–H and O–H groups in total. The maximum absolute atomic E-state index is 5.91. The maximum Gasteiger partial charge on any atom is 0.172 e. The second kappa shape index (κ2) is 7.83. The highest BCUT2D eigenvalue weighted by Gasteiger charge is 2.22. The molecule has 9 nitrogen and oxygen atoms in total. The van der Waals surface area contributed by atoms with E-state index in [0.29, 0.717) is 30.6 Å². The number of rotatable bonds is 4. The first-order valence-corrected chi connectivity index (χ1v) is 10.2. The van der Waals surface area contributed by atoms with E-state index in [1.807, 2.05) is 37.3 Å². The molecule has 9 heteroatoms. The van der Waals surface area contributed by atoms with Crippen LogP contribution in [0, 0.1) is 6.92 Å². The number of hydrogen-bond acceptors (Lipinski definition) is 8. The molecule has 1 aromatic carbocycles. The Kier molecular flexibility index (Phi) is 4.88. The molecule has 0 bridgehead atoms. The average Bonchev–Trinajstić information content (AvgIpc) is 3.18. The van der Waals surface area contributed by atoms with Crippen molar-refractivity contribution in [1.29, 1.82) is 0 Å². The fourth-order valence-corrected chi connectivity index (χ4v) is 3.68.